The van der Waals surface area contributed by atoms with Crippen molar-refractivity contribution in [1.29, 1.82) is 0 Å². The van der Waals surface area contributed by atoms with Gasteiger partial charge in [-0.2, -0.15) is 0 Å². The molecule has 190 valence electrons. The van der Waals surface area contributed by atoms with Gasteiger partial charge in [0.1, 0.15) is 30.4 Å². The Hall–Kier alpha value is -3.55. The molecule has 1 aromatic carbocycles. The highest BCUT2D eigenvalue weighted by atomic mass is 19.4. The van der Waals surface area contributed by atoms with Crippen molar-refractivity contribution in [2.75, 3.05) is 26.2 Å². The summed E-state index contributed by atoms with van der Waals surface area (Å²) < 4.78 is 53.4. The fraction of sp³-hybridized carbons (Fsp3) is 0.524. The quantitative estimate of drug-likeness (QED) is 0.435. The molecule has 1 saturated heterocycles. The van der Waals surface area contributed by atoms with Crippen LogP contribution in [0.25, 0.3) is 0 Å². The van der Waals surface area contributed by atoms with E-state index in [1.165, 1.54) is 35.0 Å². The van der Waals surface area contributed by atoms with Crippen molar-refractivity contribution in [1.82, 2.24) is 19.8 Å². The molecule has 1 N–H and O–H groups in total. The zero-order valence-corrected chi connectivity index (χ0v) is 18.6. The molecule has 0 bridgehead atoms. The molecular weight excluding hydrogens is 475 g/mol. The number of halogens is 3. The first-order chi connectivity index (χ1) is 16.6. The van der Waals surface area contributed by atoms with Gasteiger partial charge in [0.25, 0.3) is 0 Å². The number of likely N-dealkylation sites (tertiary alicyclic amines) is 1. The lowest BCUT2D eigenvalue weighted by atomic mass is 10.1. The summed E-state index contributed by atoms with van der Waals surface area (Å²) in [6.07, 6.45) is -1.78. The summed E-state index contributed by atoms with van der Waals surface area (Å²) in [6, 6.07) is 5.16. The summed E-state index contributed by atoms with van der Waals surface area (Å²) in [5.74, 6) is -0.272. The van der Waals surface area contributed by atoms with Gasteiger partial charge in [-0.15, -0.1) is 13.2 Å². The molecule has 4 rings (SSSR count). The van der Waals surface area contributed by atoms with E-state index in [2.05, 4.69) is 19.9 Å². The summed E-state index contributed by atoms with van der Waals surface area (Å²) in [6.45, 7) is 2.54. The predicted octanol–water partition coefficient (Wildman–Crippen LogP) is 2.50. The number of imidazole rings is 1. The second kappa shape index (κ2) is 10.4. The van der Waals surface area contributed by atoms with Gasteiger partial charge in [-0.05, 0) is 42.0 Å². The minimum atomic E-state index is -4.73. The van der Waals surface area contributed by atoms with Crippen LogP contribution in [0.1, 0.15) is 19.3 Å². The van der Waals surface area contributed by atoms with Crippen LogP contribution in [0.2, 0.25) is 0 Å². The Kier molecular flexibility index (Phi) is 7.28. The lowest BCUT2D eigenvalue weighted by Gasteiger charge is -2.32. The highest BCUT2D eigenvalue weighted by Gasteiger charge is 2.31. The molecule has 1 fully saturated rings. The fourth-order valence-electron chi connectivity index (χ4n) is 3.99. The number of aromatic nitrogens is 2. The number of nitro groups is 1. The molecule has 0 unspecified atom stereocenters. The largest absolute Gasteiger partial charge is 0.573 e. The molecule has 2 aliphatic heterocycles. The summed E-state index contributed by atoms with van der Waals surface area (Å²) in [7, 11) is 0. The van der Waals surface area contributed by atoms with Crippen LogP contribution in [0.15, 0.2) is 30.5 Å². The Balaban J connectivity index is 1.14. The molecule has 1 amide bonds. The zero-order chi connectivity index (χ0) is 25.0. The molecule has 2 aliphatic rings. The predicted molar refractivity (Wildman–Crippen MR) is 114 cm³/mol. The van der Waals surface area contributed by atoms with E-state index in [4.69, 9.17) is 9.47 Å². The van der Waals surface area contributed by atoms with Gasteiger partial charge in [-0.3, -0.25) is 9.36 Å². The van der Waals surface area contributed by atoms with Gasteiger partial charge in [0.2, 0.25) is 5.91 Å². The van der Waals surface area contributed by atoms with Crippen LogP contribution >= 0.6 is 0 Å². The SMILES string of the molecule is O=C(CCN1CCC(Oc2ccc(OC(F)(F)F)cc2)CC1)N[C@@H]1COc2nc([N+](=O)[O-])cn2C1. The van der Waals surface area contributed by atoms with Gasteiger partial charge in [-0.1, -0.05) is 0 Å². The van der Waals surface area contributed by atoms with E-state index in [9.17, 15) is 28.1 Å². The molecule has 35 heavy (non-hydrogen) atoms. The maximum absolute atomic E-state index is 12.4. The number of hydrogen-bond acceptors (Lipinski definition) is 8. The minimum Gasteiger partial charge on any atom is -0.490 e. The van der Waals surface area contributed by atoms with E-state index in [1.807, 2.05) is 0 Å². The van der Waals surface area contributed by atoms with Crippen molar-refractivity contribution in [3.05, 3.63) is 40.6 Å². The van der Waals surface area contributed by atoms with E-state index in [0.29, 0.717) is 25.3 Å². The van der Waals surface area contributed by atoms with Gasteiger partial charge in [0.05, 0.1) is 12.6 Å². The molecule has 0 aliphatic carbocycles. The van der Waals surface area contributed by atoms with E-state index in [1.54, 1.807) is 0 Å². The topological polar surface area (TPSA) is 121 Å². The summed E-state index contributed by atoms with van der Waals surface area (Å²) in [4.78, 5) is 28.5. The van der Waals surface area contributed by atoms with Crippen molar-refractivity contribution in [2.24, 2.45) is 0 Å². The first kappa shape index (κ1) is 24.6. The molecule has 0 radical (unpaired) electrons. The molecule has 11 nitrogen and oxygen atoms in total. The number of hydrogen-bond donors (Lipinski definition) is 1. The van der Waals surface area contributed by atoms with E-state index < -0.39 is 11.3 Å². The van der Waals surface area contributed by atoms with Crippen molar-refractivity contribution >= 4 is 11.7 Å². The Morgan fingerprint density at radius 2 is 1.91 bits per heavy atom. The lowest BCUT2D eigenvalue weighted by molar-refractivity contribution is -0.389. The normalized spacial score (nSPS) is 18.9. The molecule has 3 heterocycles. The highest BCUT2D eigenvalue weighted by Crippen LogP contribution is 2.26. The monoisotopic (exact) mass is 499 g/mol. The fourth-order valence-corrected chi connectivity index (χ4v) is 3.99. The van der Waals surface area contributed by atoms with Crippen LogP contribution < -0.4 is 19.5 Å². The second-order valence-electron chi connectivity index (χ2n) is 8.29. The van der Waals surface area contributed by atoms with E-state index >= 15 is 0 Å². The summed E-state index contributed by atoms with van der Waals surface area (Å²) >= 11 is 0. The van der Waals surface area contributed by atoms with Gasteiger partial charge < -0.3 is 34.5 Å². The number of benzene rings is 1. The average molecular weight is 499 g/mol. The molecule has 14 heteroatoms. The third kappa shape index (κ3) is 6.97. The van der Waals surface area contributed by atoms with Gasteiger partial charge in [-0.25, -0.2) is 0 Å². The highest BCUT2D eigenvalue weighted by molar-refractivity contribution is 5.76. The lowest BCUT2D eigenvalue weighted by Crippen LogP contribution is -2.46. The number of nitrogens with one attached hydrogen (secondary N) is 1. The first-order valence-electron chi connectivity index (χ1n) is 11.0. The summed E-state index contributed by atoms with van der Waals surface area (Å²) in [5.41, 5.74) is 0. The number of carbonyl (C=O) groups is 1. The summed E-state index contributed by atoms with van der Waals surface area (Å²) in [5, 5.41) is 13.7. The molecule has 1 aromatic heterocycles. The van der Waals surface area contributed by atoms with Crippen molar-refractivity contribution in [3.8, 4) is 17.5 Å². The van der Waals surface area contributed by atoms with Crippen LogP contribution in [0.5, 0.6) is 17.5 Å². The maximum Gasteiger partial charge on any atom is 0.573 e. The van der Waals surface area contributed by atoms with Crippen molar-refractivity contribution < 1.29 is 37.1 Å². The minimum absolute atomic E-state index is 0.0673. The Morgan fingerprint density at radius 3 is 2.57 bits per heavy atom. The number of alkyl halides is 3. The Morgan fingerprint density at radius 1 is 1.23 bits per heavy atom. The third-order valence-electron chi connectivity index (χ3n) is 5.66. The third-order valence-corrected chi connectivity index (χ3v) is 5.66. The van der Waals surface area contributed by atoms with Crippen LogP contribution in [-0.4, -0.2) is 70.0 Å². The number of ether oxygens (including phenoxy) is 3. The molecule has 0 saturated carbocycles. The van der Waals surface area contributed by atoms with Crippen LogP contribution in [-0.2, 0) is 11.3 Å². The standard InChI is InChI=1S/C21H24F3N5O6/c22-21(23,24)35-17-3-1-15(2-4-17)34-16-5-8-27(9-6-16)10-7-19(30)25-14-11-28-12-18(29(31)32)26-20(28)33-13-14/h1-4,12,14,16H,5-11,13H2,(H,25,30)/t14-/m0/s1. The van der Waals surface area contributed by atoms with Crippen LogP contribution in [0, 0.1) is 10.1 Å². The molecule has 1 atom stereocenters. The Bertz CT molecular complexity index is 1040. The van der Waals surface area contributed by atoms with Gasteiger partial charge in [0.15, 0.2) is 0 Å². The van der Waals surface area contributed by atoms with E-state index in [-0.39, 0.29) is 42.2 Å². The first-order valence-corrected chi connectivity index (χ1v) is 11.0. The van der Waals surface area contributed by atoms with Gasteiger partial charge in [0, 0.05) is 31.0 Å². The van der Waals surface area contributed by atoms with Crippen molar-refractivity contribution in [3.63, 3.8) is 0 Å². The molecule has 0 spiro atoms. The smallest absolute Gasteiger partial charge is 0.490 e. The van der Waals surface area contributed by atoms with E-state index in [0.717, 1.165) is 25.9 Å². The second-order valence-corrected chi connectivity index (χ2v) is 8.29. The van der Waals surface area contributed by atoms with Crippen molar-refractivity contribution in [2.45, 2.75) is 44.3 Å². The van der Waals surface area contributed by atoms with Crippen LogP contribution in [0.3, 0.4) is 0 Å². The number of piperidine rings is 1. The number of rotatable bonds is 8. The maximum atomic E-state index is 12.4. The molecular formula is C21H24F3N5O6. The number of carbonyl (C=O) groups excluding carboxylic acids is 1. The number of fused-ring (bicyclic) bond motifs is 1. The number of amides is 1. The average Bonchev–Trinajstić information content (AvgIpc) is 3.23. The van der Waals surface area contributed by atoms with Gasteiger partial charge >= 0.3 is 18.2 Å². The number of nitrogens with zero attached hydrogens (tertiary/aromatic N) is 4. The zero-order valence-electron chi connectivity index (χ0n) is 18.6. The Labute approximate surface area is 197 Å². The van der Waals surface area contributed by atoms with Crippen LogP contribution in [0.4, 0.5) is 19.0 Å². The molecule has 2 aromatic rings.